The van der Waals surface area contributed by atoms with Gasteiger partial charge in [-0.3, -0.25) is 9.36 Å². The maximum absolute atomic E-state index is 13.2. The highest BCUT2D eigenvalue weighted by Crippen LogP contribution is 2.28. The van der Waals surface area contributed by atoms with E-state index in [1.165, 1.54) is 23.9 Å². The molecular weight excluding hydrogens is 423 g/mol. The molecule has 1 aromatic heterocycles. The van der Waals surface area contributed by atoms with E-state index in [9.17, 15) is 9.18 Å². The number of thioether (sulfide) groups is 1. The third-order valence-electron chi connectivity index (χ3n) is 4.43. The van der Waals surface area contributed by atoms with Gasteiger partial charge in [-0.25, -0.2) is 4.39 Å². The van der Waals surface area contributed by atoms with Crippen LogP contribution in [0.3, 0.4) is 0 Å². The van der Waals surface area contributed by atoms with Crippen LogP contribution in [0.25, 0.3) is 5.69 Å². The smallest absolute Gasteiger partial charge is 0.220 e. The molecule has 2 aromatic carbocycles. The van der Waals surface area contributed by atoms with Crippen molar-refractivity contribution in [3.63, 3.8) is 0 Å². The predicted octanol–water partition coefficient (Wildman–Crippen LogP) is 5.32. The molecule has 0 saturated heterocycles. The molecule has 3 aromatic rings. The summed E-state index contributed by atoms with van der Waals surface area (Å²) < 4.78 is 15.1. The summed E-state index contributed by atoms with van der Waals surface area (Å²) in [7, 11) is 0. The van der Waals surface area contributed by atoms with Crippen LogP contribution < -0.4 is 5.32 Å². The molecule has 0 aliphatic carbocycles. The minimum Gasteiger partial charge on any atom is -0.349 e. The van der Waals surface area contributed by atoms with Crippen molar-refractivity contribution in [1.29, 1.82) is 0 Å². The zero-order chi connectivity index (χ0) is 21.7. The van der Waals surface area contributed by atoms with Crippen molar-refractivity contribution in [2.75, 3.05) is 0 Å². The van der Waals surface area contributed by atoms with Gasteiger partial charge >= 0.3 is 0 Å². The molecule has 0 spiro atoms. The number of nitrogens with zero attached hydrogens (tertiary/aromatic N) is 3. The summed E-state index contributed by atoms with van der Waals surface area (Å²) in [6.45, 7) is 6.26. The molecule has 1 N–H and O–H groups in total. The van der Waals surface area contributed by atoms with Crippen LogP contribution in [0.1, 0.15) is 37.2 Å². The van der Waals surface area contributed by atoms with Crippen LogP contribution in [0.15, 0.2) is 47.6 Å². The van der Waals surface area contributed by atoms with Gasteiger partial charge in [0.25, 0.3) is 0 Å². The lowest BCUT2D eigenvalue weighted by Crippen LogP contribution is -2.25. The average Bonchev–Trinajstić information content (AvgIpc) is 3.10. The predicted molar refractivity (Wildman–Crippen MR) is 118 cm³/mol. The van der Waals surface area contributed by atoms with E-state index in [2.05, 4.69) is 15.5 Å². The average molecular weight is 447 g/mol. The van der Waals surface area contributed by atoms with Gasteiger partial charge < -0.3 is 5.32 Å². The minimum absolute atomic E-state index is 0.0251. The first-order chi connectivity index (χ1) is 14.3. The Hall–Kier alpha value is -2.38. The quantitative estimate of drug-likeness (QED) is 0.475. The third-order valence-corrected chi connectivity index (χ3v) is 5.67. The number of halogens is 2. The number of rotatable bonds is 8. The fourth-order valence-electron chi connectivity index (χ4n) is 2.92. The summed E-state index contributed by atoms with van der Waals surface area (Å²) >= 11 is 7.74. The van der Waals surface area contributed by atoms with Crippen LogP contribution in [0.4, 0.5) is 4.39 Å². The summed E-state index contributed by atoms with van der Waals surface area (Å²) in [6, 6.07) is 12.0. The molecule has 0 aliphatic rings. The van der Waals surface area contributed by atoms with E-state index in [1.807, 2.05) is 43.5 Å². The molecule has 0 radical (unpaired) electrons. The Kier molecular flexibility index (Phi) is 7.50. The fraction of sp³-hybridized carbons (Fsp3) is 0.318. The van der Waals surface area contributed by atoms with E-state index in [0.29, 0.717) is 28.2 Å². The van der Waals surface area contributed by atoms with E-state index >= 15 is 0 Å². The van der Waals surface area contributed by atoms with Crippen LogP contribution in [-0.2, 0) is 17.1 Å². The summed E-state index contributed by atoms with van der Waals surface area (Å²) in [5, 5.41) is 12.9. The molecule has 0 aliphatic heterocycles. The van der Waals surface area contributed by atoms with Crippen LogP contribution in [0.5, 0.6) is 0 Å². The number of benzene rings is 2. The van der Waals surface area contributed by atoms with E-state index in [1.54, 1.807) is 12.1 Å². The number of hydrogen-bond donors (Lipinski definition) is 1. The van der Waals surface area contributed by atoms with Gasteiger partial charge in [-0.1, -0.05) is 55.4 Å². The van der Waals surface area contributed by atoms with Gasteiger partial charge in [0, 0.05) is 17.2 Å². The second-order valence-electron chi connectivity index (χ2n) is 7.45. The molecule has 8 heteroatoms. The lowest BCUT2D eigenvalue weighted by atomic mass is 10.1. The lowest BCUT2D eigenvalue weighted by Gasteiger charge is -2.14. The maximum atomic E-state index is 13.2. The fourth-order valence-corrected chi connectivity index (χ4v) is 4.01. The molecule has 1 heterocycles. The van der Waals surface area contributed by atoms with E-state index < -0.39 is 0 Å². The zero-order valence-electron chi connectivity index (χ0n) is 17.2. The first-order valence-electron chi connectivity index (χ1n) is 9.68. The molecule has 0 saturated carbocycles. The molecule has 5 nitrogen and oxygen atoms in total. The lowest BCUT2D eigenvalue weighted by molar-refractivity contribution is -0.122. The number of aryl methyl sites for hydroxylation is 1. The van der Waals surface area contributed by atoms with Crippen molar-refractivity contribution in [2.24, 2.45) is 5.92 Å². The van der Waals surface area contributed by atoms with E-state index in [0.717, 1.165) is 16.8 Å². The second-order valence-corrected chi connectivity index (χ2v) is 8.83. The topological polar surface area (TPSA) is 59.8 Å². The molecule has 1 amide bonds. The highest BCUT2D eigenvalue weighted by atomic mass is 35.5. The summed E-state index contributed by atoms with van der Waals surface area (Å²) in [4.78, 5) is 12.1. The summed E-state index contributed by atoms with van der Waals surface area (Å²) in [5.41, 5.74) is 2.85. The van der Waals surface area contributed by atoms with Gasteiger partial charge in [0.15, 0.2) is 11.0 Å². The maximum Gasteiger partial charge on any atom is 0.220 e. The number of carbonyl (C=O) groups excluding carboxylic acids is 1. The Labute approximate surface area is 185 Å². The van der Waals surface area contributed by atoms with Crippen LogP contribution in [-0.4, -0.2) is 20.7 Å². The van der Waals surface area contributed by atoms with E-state index in [4.69, 9.17) is 11.6 Å². The van der Waals surface area contributed by atoms with Crippen molar-refractivity contribution in [3.8, 4) is 5.69 Å². The summed E-state index contributed by atoms with van der Waals surface area (Å²) in [5.74, 6) is 1.22. The van der Waals surface area contributed by atoms with Gasteiger partial charge in [-0.15, -0.1) is 10.2 Å². The number of amides is 1. The molecular formula is C22H24ClFN4OS. The van der Waals surface area contributed by atoms with Crippen molar-refractivity contribution in [1.82, 2.24) is 20.1 Å². The SMILES string of the molecule is Cc1ccc(Cl)cc1-n1c(CNC(=O)CC(C)C)nnc1SCc1ccc(F)cc1. The molecule has 158 valence electrons. The first-order valence-corrected chi connectivity index (χ1v) is 11.0. The largest absolute Gasteiger partial charge is 0.349 e. The van der Waals surface area contributed by atoms with Crippen LogP contribution in [0.2, 0.25) is 5.02 Å². The highest BCUT2D eigenvalue weighted by molar-refractivity contribution is 7.98. The van der Waals surface area contributed by atoms with Gasteiger partial charge in [0.1, 0.15) is 5.82 Å². The summed E-state index contributed by atoms with van der Waals surface area (Å²) in [6.07, 6.45) is 0.455. The molecule has 30 heavy (non-hydrogen) atoms. The Morgan fingerprint density at radius 1 is 1.20 bits per heavy atom. The number of carbonyl (C=O) groups is 1. The van der Waals surface area contributed by atoms with Crippen molar-refractivity contribution < 1.29 is 9.18 Å². The molecule has 0 bridgehead atoms. The van der Waals surface area contributed by atoms with Gasteiger partial charge in [0.05, 0.1) is 12.2 Å². The second kappa shape index (κ2) is 10.1. The van der Waals surface area contributed by atoms with Gasteiger partial charge in [-0.05, 0) is 48.2 Å². The normalized spacial score (nSPS) is 11.1. The van der Waals surface area contributed by atoms with Crippen LogP contribution in [0, 0.1) is 18.7 Å². The Morgan fingerprint density at radius 3 is 2.63 bits per heavy atom. The zero-order valence-corrected chi connectivity index (χ0v) is 18.7. The third kappa shape index (κ3) is 5.83. The number of hydrogen-bond acceptors (Lipinski definition) is 4. The van der Waals surface area contributed by atoms with Gasteiger partial charge in [-0.2, -0.15) is 0 Å². The van der Waals surface area contributed by atoms with Crippen molar-refractivity contribution in [2.45, 2.75) is 44.6 Å². The highest BCUT2D eigenvalue weighted by Gasteiger charge is 2.17. The Balaban J connectivity index is 1.88. The molecule has 0 atom stereocenters. The van der Waals surface area contributed by atoms with Gasteiger partial charge in [0.2, 0.25) is 5.91 Å². The monoisotopic (exact) mass is 446 g/mol. The van der Waals surface area contributed by atoms with Crippen molar-refractivity contribution in [3.05, 3.63) is 70.3 Å². The Bertz CT molecular complexity index is 1020. The number of nitrogens with one attached hydrogen (secondary N) is 1. The molecule has 0 fully saturated rings. The first kappa shape index (κ1) is 22.3. The Morgan fingerprint density at radius 2 is 1.93 bits per heavy atom. The molecule has 0 unspecified atom stereocenters. The minimum atomic E-state index is -0.263. The molecule has 3 rings (SSSR count). The number of aromatic nitrogens is 3. The van der Waals surface area contributed by atoms with Crippen LogP contribution >= 0.6 is 23.4 Å². The standard InChI is InChI=1S/C22H24ClFN4OS/c1-14(2)10-21(29)25-12-20-26-27-22(30-13-16-5-8-18(24)9-6-16)28(20)19-11-17(23)7-4-15(19)3/h4-9,11,14H,10,12-13H2,1-3H3,(H,25,29). The van der Waals surface area contributed by atoms with Crippen molar-refractivity contribution >= 4 is 29.3 Å². The van der Waals surface area contributed by atoms with E-state index in [-0.39, 0.29) is 24.2 Å².